The van der Waals surface area contributed by atoms with Crippen molar-refractivity contribution >= 4 is 10.9 Å². The third kappa shape index (κ3) is 4.13. The second-order valence-electron chi connectivity index (χ2n) is 5.52. The van der Waals surface area contributed by atoms with Gasteiger partial charge in [0.1, 0.15) is 0 Å². The molecular formula is C18H25N3. The molecule has 0 saturated carbocycles. The van der Waals surface area contributed by atoms with E-state index in [1.165, 1.54) is 30.2 Å². The first-order valence-corrected chi connectivity index (χ1v) is 7.69. The number of unbranched alkanes of at least 4 members (excludes halogenated alkanes) is 3. The maximum atomic E-state index is 5.80. The standard InChI is InChI=1S/C18H25N3/c1-3-4-5-6-7-12-18(21-19)16-13-14(2)20-17-11-9-8-10-15(16)17/h3,8-11,13,18,21H,1,4-7,12,19H2,2H3. The first-order chi connectivity index (χ1) is 10.3. The molecule has 3 N–H and O–H groups in total. The minimum atomic E-state index is 0.181. The lowest BCUT2D eigenvalue weighted by Crippen LogP contribution is -2.28. The lowest BCUT2D eigenvalue weighted by atomic mass is 9.96. The smallest absolute Gasteiger partial charge is 0.0708 e. The number of fused-ring (bicyclic) bond motifs is 1. The predicted molar refractivity (Wildman–Crippen MR) is 89.8 cm³/mol. The monoisotopic (exact) mass is 283 g/mol. The molecule has 0 aliphatic carbocycles. The third-order valence-corrected chi connectivity index (χ3v) is 3.85. The van der Waals surface area contributed by atoms with Crippen LogP contribution in [0.1, 0.15) is 49.4 Å². The average molecular weight is 283 g/mol. The number of rotatable bonds is 8. The molecule has 0 fully saturated rings. The lowest BCUT2D eigenvalue weighted by molar-refractivity contribution is 0.486. The first kappa shape index (κ1) is 15.7. The van der Waals surface area contributed by atoms with Crippen LogP contribution in [0.25, 0.3) is 10.9 Å². The van der Waals surface area contributed by atoms with Crippen LogP contribution in [0, 0.1) is 6.92 Å². The number of para-hydroxylation sites is 1. The number of aromatic nitrogens is 1. The fourth-order valence-electron chi connectivity index (χ4n) is 2.77. The van der Waals surface area contributed by atoms with Crippen LogP contribution < -0.4 is 11.3 Å². The Labute approximate surface area is 127 Å². The second-order valence-corrected chi connectivity index (χ2v) is 5.52. The molecule has 1 aromatic heterocycles. The summed E-state index contributed by atoms with van der Waals surface area (Å²) >= 11 is 0. The number of pyridine rings is 1. The van der Waals surface area contributed by atoms with Gasteiger partial charge in [-0.25, -0.2) is 0 Å². The Bertz CT molecular complexity index is 592. The zero-order valence-corrected chi connectivity index (χ0v) is 12.8. The topological polar surface area (TPSA) is 50.9 Å². The van der Waals surface area contributed by atoms with Crippen molar-refractivity contribution in [1.82, 2.24) is 10.4 Å². The number of hydrogen-bond acceptors (Lipinski definition) is 3. The second kappa shape index (κ2) is 7.91. The van der Waals surface area contributed by atoms with Gasteiger partial charge in [0, 0.05) is 17.1 Å². The Balaban J connectivity index is 2.15. The van der Waals surface area contributed by atoms with Gasteiger partial charge in [-0.2, -0.15) is 0 Å². The summed E-state index contributed by atoms with van der Waals surface area (Å²) in [5.74, 6) is 5.80. The van der Waals surface area contributed by atoms with Crippen molar-refractivity contribution in [3.8, 4) is 0 Å². The molecule has 2 aromatic rings. The Morgan fingerprint density at radius 2 is 2.10 bits per heavy atom. The van der Waals surface area contributed by atoms with E-state index in [2.05, 4.69) is 41.3 Å². The first-order valence-electron chi connectivity index (χ1n) is 7.69. The highest BCUT2D eigenvalue weighted by Gasteiger charge is 2.13. The molecule has 2 rings (SSSR count). The maximum absolute atomic E-state index is 5.80. The molecule has 3 nitrogen and oxygen atoms in total. The number of aryl methyl sites for hydroxylation is 1. The van der Waals surface area contributed by atoms with Gasteiger partial charge in [0.15, 0.2) is 0 Å². The maximum Gasteiger partial charge on any atom is 0.0708 e. The van der Waals surface area contributed by atoms with Gasteiger partial charge in [-0.1, -0.05) is 37.1 Å². The van der Waals surface area contributed by atoms with Crippen molar-refractivity contribution in [2.24, 2.45) is 5.84 Å². The highest BCUT2D eigenvalue weighted by atomic mass is 15.2. The fourth-order valence-corrected chi connectivity index (χ4v) is 2.77. The summed E-state index contributed by atoms with van der Waals surface area (Å²) in [5, 5.41) is 1.19. The van der Waals surface area contributed by atoms with Gasteiger partial charge in [0.25, 0.3) is 0 Å². The summed E-state index contributed by atoms with van der Waals surface area (Å²) < 4.78 is 0. The summed E-state index contributed by atoms with van der Waals surface area (Å²) in [6, 6.07) is 10.6. The Kier molecular flexibility index (Phi) is 5.90. The number of nitrogens with one attached hydrogen (secondary N) is 1. The molecule has 1 aromatic carbocycles. The van der Waals surface area contributed by atoms with Crippen LogP contribution in [0.15, 0.2) is 43.0 Å². The van der Waals surface area contributed by atoms with Crippen molar-refractivity contribution in [3.63, 3.8) is 0 Å². The molecule has 21 heavy (non-hydrogen) atoms. The molecule has 1 atom stereocenters. The normalized spacial score (nSPS) is 12.5. The zero-order chi connectivity index (χ0) is 15.1. The number of benzene rings is 1. The van der Waals surface area contributed by atoms with E-state index in [0.717, 1.165) is 24.1 Å². The van der Waals surface area contributed by atoms with Gasteiger partial charge >= 0.3 is 0 Å². The van der Waals surface area contributed by atoms with Crippen molar-refractivity contribution in [1.29, 1.82) is 0 Å². The molecular weight excluding hydrogens is 258 g/mol. The summed E-state index contributed by atoms with van der Waals surface area (Å²) in [5.41, 5.74) is 6.31. The Morgan fingerprint density at radius 1 is 1.29 bits per heavy atom. The van der Waals surface area contributed by atoms with Crippen molar-refractivity contribution in [2.45, 2.75) is 45.1 Å². The van der Waals surface area contributed by atoms with E-state index in [-0.39, 0.29) is 6.04 Å². The van der Waals surface area contributed by atoms with Crippen LogP contribution in [0.2, 0.25) is 0 Å². The molecule has 0 radical (unpaired) electrons. The van der Waals surface area contributed by atoms with E-state index < -0.39 is 0 Å². The zero-order valence-electron chi connectivity index (χ0n) is 12.8. The number of hydrazine groups is 1. The minimum absolute atomic E-state index is 0.181. The SMILES string of the molecule is C=CCCCCCC(NN)c1cc(C)nc2ccccc12. The molecule has 1 unspecified atom stereocenters. The van der Waals surface area contributed by atoms with E-state index in [0.29, 0.717) is 0 Å². The van der Waals surface area contributed by atoms with Crippen LogP contribution >= 0.6 is 0 Å². The number of allylic oxidation sites excluding steroid dienone is 1. The van der Waals surface area contributed by atoms with Crippen molar-refractivity contribution in [3.05, 3.63) is 54.2 Å². The molecule has 0 amide bonds. The quantitative estimate of drug-likeness (QED) is 0.331. The largest absolute Gasteiger partial charge is 0.271 e. The average Bonchev–Trinajstić information content (AvgIpc) is 2.50. The summed E-state index contributed by atoms with van der Waals surface area (Å²) in [7, 11) is 0. The Morgan fingerprint density at radius 3 is 2.86 bits per heavy atom. The molecule has 1 heterocycles. The number of nitrogens with zero attached hydrogens (tertiary/aromatic N) is 1. The van der Waals surface area contributed by atoms with E-state index in [1.807, 2.05) is 19.1 Å². The van der Waals surface area contributed by atoms with E-state index >= 15 is 0 Å². The van der Waals surface area contributed by atoms with Gasteiger partial charge in [0.05, 0.1) is 5.52 Å². The van der Waals surface area contributed by atoms with E-state index in [4.69, 9.17) is 5.84 Å². The molecule has 0 bridgehead atoms. The predicted octanol–water partition coefficient (Wildman–Crippen LogP) is 4.18. The highest BCUT2D eigenvalue weighted by molar-refractivity contribution is 5.82. The minimum Gasteiger partial charge on any atom is -0.271 e. The number of nitrogens with two attached hydrogens (primary N) is 1. The highest BCUT2D eigenvalue weighted by Crippen LogP contribution is 2.27. The Hall–Kier alpha value is -1.71. The van der Waals surface area contributed by atoms with Gasteiger partial charge < -0.3 is 0 Å². The van der Waals surface area contributed by atoms with Crippen molar-refractivity contribution < 1.29 is 0 Å². The van der Waals surface area contributed by atoms with Crippen LogP contribution in [-0.4, -0.2) is 4.98 Å². The van der Waals surface area contributed by atoms with Gasteiger partial charge in [0.2, 0.25) is 0 Å². The molecule has 0 aliphatic heterocycles. The molecule has 0 spiro atoms. The van der Waals surface area contributed by atoms with Crippen LogP contribution in [-0.2, 0) is 0 Å². The van der Waals surface area contributed by atoms with Gasteiger partial charge in [-0.3, -0.25) is 16.3 Å². The fraction of sp³-hybridized carbons (Fsp3) is 0.389. The molecule has 3 heteroatoms. The van der Waals surface area contributed by atoms with Gasteiger partial charge in [-0.15, -0.1) is 6.58 Å². The van der Waals surface area contributed by atoms with Crippen LogP contribution in [0.4, 0.5) is 0 Å². The van der Waals surface area contributed by atoms with Crippen LogP contribution in [0.5, 0.6) is 0 Å². The molecule has 0 saturated heterocycles. The molecule has 112 valence electrons. The summed E-state index contributed by atoms with van der Waals surface area (Å²) in [6.07, 6.45) is 7.71. The number of hydrogen-bond donors (Lipinski definition) is 2. The third-order valence-electron chi connectivity index (χ3n) is 3.85. The van der Waals surface area contributed by atoms with E-state index in [9.17, 15) is 0 Å². The van der Waals surface area contributed by atoms with E-state index in [1.54, 1.807) is 0 Å². The van der Waals surface area contributed by atoms with Crippen LogP contribution in [0.3, 0.4) is 0 Å². The summed E-state index contributed by atoms with van der Waals surface area (Å²) in [4.78, 5) is 4.59. The molecule has 0 aliphatic rings. The van der Waals surface area contributed by atoms with Crippen molar-refractivity contribution in [2.75, 3.05) is 0 Å². The lowest BCUT2D eigenvalue weighted by Gasteiger charge is -2.19. The van der Waals surface area contributed by atoms with Gasteiger partial charge in [-0.05, 0) is 43.9 Å². The summed E-state index contributed by atoms with van der Waals surface area (Å²) in [6.45, 7) is 5.80.